The first-order valence-corrected chi connectivity index (χ1v) is 12.5. The maximum atomic E-state index is 6.31. The second-order valence-corrected chi connectivity index (χ2v) is 9.38. The fraction of sp³-hybridized carbons (Fsp3) is 0.0333. The van der Waals surface area contributed by atoms with Gasteiger partial charge in [-0.1, -0.05) is 52.7 Å². The third-order valence-electron chi connectivity index (χ3n) is 6.11. The lowest BCUT2D eigenvalue weighted by molar-refractivity contribution is 0.416. The van der Waals surface area contributed by atoms with Crippen molar-refractivity contribution in [1.29, 1.82) is 0 Å². The van der Waals surface area contributed by atoms with Gasteiger partial charge in [0, 0.05) is 32.3 Å². The third kappa shape index (κ3) is 4.67. The average Bonchev–Trinajstić information content (AvgIpc) is 3.63. The maximum absolute atomic E-state index is 6.31. The molecule has 0 amide bonds. The molecule has 0 aliphatic rings. The normalized spacial score (nSPS) is 11.0. The summed E-state index contributed by atoms with van der Waals surface area (Å²) in [7, 11) is 1.64. The number of para-hydroxylation sites is 1. The Kier molecular flexibility index (Phi) is 6.42. The zero-order valence-corrected chi connectivity index (χ0v) is 21.7. The molecule has 0 atom stereocenters. The van der Waals surface area contributed by atoms with Crippen LogP contribution in [0.1, 0.15) is 0 Å². The molecule has 0 fully saturated rings. The Morgan fingerprint density at radius 3 is 2.05 bits per heavy atom. The molecule has 0 aliphatic carbocycles. The summed E-state index contributed by atoms with van der Waals surface area (Å²) in [5, 5.41) is 9.94. The molecule has 0 bridgehead atoms. The molecule has 0 saturated heterocycles. The molecule has 0 radical (unpaired) electrons. The van der Waals surface area contributed by atoms with Crippen LogP contribution in [0.15, 0.2) is 108 Å². The summed E-state index contributed by atoms with van der Waals surface area (Å²) >= 11 is 12.2. The number of hydrogen-bond donors (Lipinski definition) is 0. The first-order valence-electron chi connectivity index (χ1n) is 11.8. The molecule has 8 heteroatoms. The Morgan fingerprint density at radius 2 is 1.37 bits per heavy atom. The molecular weight excluding hydrogens is 519 g/mol. The van der Waals surface area contributed by atoms with Gasteiger partial charge >= 0.3 is 0 Å². The lowest BCUT2D eigenvalue weighted by atomic mass is 10.1. The van der Waals surface area contributed by atoms with Crippen LogP contribution in [0.3, 0.4) is 0 Å². The Morgan fingerprint density at radius 1 is 0.737 bits per heavy atom. The summed E-state index contributed by atoms with van der Waals surface area (Å²) in [6.07, 6.45) is 1.87. The minimum absolute atomic E-state index is 0.500. The second kappa shape index (κ2) is 10.2. The van der Waals surface area contributed by atoms with E-state index in [2.05, 4.69) is 10.3 Å². The predicted octanol–water partition coefficient (Wildman–Crippen LogP) is 8.24. The van der Waals surface area contributed by atoms with Crippen molar-refractivity contribution in [3.05, 3.63) is 113 Å². The van der Waals surface area contributed by atoms with Crippen molar-refractivity contribution < 1.29 is 9.15 Å². The van der Waals surface area contributed by atoms with Crippen LogP contribution in [0, 0.1) is 0 Å². The molecular formula is C30H20Cl2N4O2. The van der Waals surface area contributed by atoms with E-state index in [1.54, 1.807) is 11.8 Å². The van der Waals surface area contributed by atoms with Crippen LogP contribution in [-0.2, 0) is 0 Å². The number of aromatic nitrogens is 4. The fourth-order valence-corrected chi connectivity index (χ4v) is 4.42. The average molecular weight is 539 g/mol. The quantitative estimate of drug-likeness (QED) is 0.213. The smallest absolute Gasteiger partial charge is 0.227 e. The Balaban J connectivity index is 1.35. The summed E-state index contributed by atoms with van der Waals surface area (Å²) in [6.45, 7) is 0. The predicted molar refractivity (Wildman–Crippen MR) is 150 cm³/mol. The number of ether oxygens (including phenoxy) is 1. The highest BCUT2D eigenvalue weighted by atomic mass is 35.5. The molecule has 4 aromatic carbocycles. The molecule has 38 heavy (non-hydrogen) atoms. The highest BCUT2D eigenvalue weighted by molar-refractivity contribution is 6.31. The van der Waals surface area contributed by atoms with Crippen LogP contribution in [-0.4, -0.2) is 27.1 Å². The molecule has 2 aromatic heterocycles. The third-order valence-corrected chi connectivity index (χ3v) is 6.61. The van der Waals surface area contributed by atoms with Crippen LogP contribution in [0.5, 0.6) is 5.75 Å². The van der Waals surface area contributed by atoms with Crippen molar-refractivity contribution in [1.82, 2.24) is 20.0 Å². The summed E-state index contributed by atoms with van der Waals surface area (Å²) in [6, 6.07) is 30.5. The Hall–Kier alpha value is -4.39. The summed E-state index contributed by atoms with van der Waals surface area (Å²) < 4.78 is 13.5. The molecule has 186 valence electrons. The van der Waals surface area contributed by atoms with Crippen molar-refractivity contribution in [2.75, 3.05) is 7.11 Å². The van der Waals surface area contributed by atoms with Gasteiger partial charge < -0.3 is 9.15 Å². The number of methoxy groups -OCH3 is 1. The number of rotatable bonds is 6. The maximum Gasteiger partial charge on any atom is 0.227 e. The molecule has 6 nitrogen and oxygen atoms in total. The van der Waals surface area contributed by atoms with E-state index in [1.807, 2.05) is 103 Å². The van der Waals surface area contributed by atoms with E-state index < -0.39 is 0 Å². The second-order valence-electron chi connectivity index (χ2n) is 8.51. The van der Waals surface area contributed by atoms with E-state index in [1.165, 1.54) is 0 Å². The van der Waals surface area contributed by atoms with Gasteiger partial charge in [-0.05, 0) is 72.8 Å². The van der Waals surface area contributed by atoms with Gasteiger partial charge in [-0.2, -0.15) is 0 Å². The number of benzene rings is 4. The Bertz CT molecular complexity index is 1640. The number of hydrogen-bond acceptors (Lipinski definition) is 5. The molecule has 2 heterocycles. The lowest BCUT2D eigenvalue weighted by Crippen LogP contribution is -1.94. The summed E-state index contributed by atoms with van der Waals surface area (Å²) in [5.41, 5.74) is 5.78. The van der Waals surface area contributed by atoms with Gasteiger partial charge in [0.1, 0.15) is 17.1 Å². The molecule has 0 aliphatic heterocycles. The SMILES string of the molecule is COc1ccccc1-c1cn(-c2ccc(-c3nc(-c4ccc(Cl)cc4)c(-c4ccc(Cl)cc4)o3)cc2)nn1. The van der Waals surface area contributed by atoms with Gasteiger partial charge in [0.05, 0.1) is 19.0 Å². The number of nitrogens with zero attached hydrogens (tertiary/aromatic N) is 4. The minimum atomic E-state index is 0.500. The standard InChI is InChI=1S/C30H20Cl2N4O2/c1-37-27-5-3-2-4-25(27)26-18-36(35-34-26)24-16-10-21(11-17-24)30-33-28(19-6-12-22(31)13-7-19)29(38-30)20-8-14-23(32)15-9-20/h2-18H,1H3. The van der Waals surface area contributed by atoms with E-state index in [9.17, 15) is 0 Å². The van der Waals surface area contributed by atoms with Gasteiger partial charge in [0.15, 0.2) is 5.76 Å². The van der Waals surface area contributed by atoms with E-state index in [0.717, 1.165) is 45.1 Å². The van der Waals surface area contributed by atoms with E-state index in [-0.39, 0.29) is 0 Å². The molecule has 0 spiro atoms. The number of oxazole rings is 1. The van der Waals surface area contributed by atoms with Crippen LogP contribution in [0.25, 0.3) is 51.0 Å². The summed E-state index contributed by atoms with van der Waals surface area (Å²) in [5.74, 6) is 1.90. The van der Waals surface area contributed by atoms with Crippen LogP contribution in [0.4, 0.5) is 0 Å². The Labute approximate surface area is 229 Å². The van der Waals surface area contributed by atoms with Crippen LogP contribution in [0.2, 0.25) is 10.0 Å². The van der Waals surface area contributed by atoms with E-state index >= 15 is 0 Å². The molecule has 6 rings (SSSR count). The lowest BCUT2D eigenvalue weighted by Gasteiger charge is -2.04. The van der Waals surface area contributed by atoms with Crippen molar-refractivity contribution in [2.45, 2.75) is 0 Å². The minimum Gasteiger partial charge on any atom is -0.496 e. The summed E-state index contributed by atoms with van der Waals surface area (Å²) in [4.78, 5) is 4.85. The molecule has 0 saturated carbocycles. The van der Waals surface area contributed by atoms with Gasteiger partial charge in [-0.25, -0.2) is 9.67 Å². The first-order chi connectivity index (χ1) is 18.6. The zero-order valence-electron chi connectivity index (χ0n) is 20.2. The van der Waals surface area contributed by atoms with Crippen LogP contribution >= 0.6 is 23.2 Å². The molecule has 0 N–H and O–H groups in total. The molecule has 0 unspecified atom stereocenters. The van der Waals surface area contributed by atoms with Gasteiger partial charge in [0.25, 0.3) is 0 Å². The monoisotopic (exact) mass is 538 g/mol. The topological polar surface area (TPSA) is 66.0 Å². The van der Waals surface area contributed by atoms with Gasteiger partial charge in [-0.3, -0.25) is 0 Å². The zero-order chi connectivity index (χ0) is 26.1. The van der Waals surface area contributed by atoms with Crippen molar-refractivity contribution >= 4 is 23.2 Å². The van der Waals surface area contributed by atoms with Gasteiger partial charge in [-0.15, -0.1) is 5.10 Å². The highest BCUT2D eigenvalue weighted by Gasteiger charge is 2.18. The first kappa shape index (κ1) is 24.0. The van der Waals surface area contributed by atoms with Gasteiger partial charge in [0.2, 0.25) is 5.89 Å². The van der Waals surface area contributed by atoms with Crippen molar-refractivity contribution in [3.8, 4) is 56.7 Å². The number of halogens is 2. The van der Waals surface area contributed by atoms with E-state index in [4.69, 9.17) is 37.3 Å². The largest absolute Gasteiger partial charge is 0.496 e. The highest BCUT2D eigenvalue weighted by Crippen LogP contribution is 2.37. The van der Waals surface area contributed by atoms with E-state index in [0.29, 0.717) is 21.7 Å². The van der Waals surface area contributed by atoms with Crippen molar-refractivity contribution in [2.24, 2.45) is 0 Å². The van der Waals surface area contributed by atoms with Crippen LogP contribution < -0.4 is 4.74 Å². The van der Waals surface area contributed by atoms with Crippen molar-refractivity contribution in [3.63, 3.8) is 0 Å². The fourth-order valence-electron chi connectivity index (χ4n) is 4.17. The molecule has 6 aromatic rings.